The maximum absolute atomic E-state index is 12.9. The number of alkyl halides is 3. The summed E-state index contributed by atoms with van der Waals surface area (Å²) in [5, 5.41) is 10.5. The summed E-state index contributed by atoms with van der Waals surface area (Å²) in [7, 11) is 0. The predicted octanol–water partition coefficient (Wildman–Crippen LogP) is 3.39. The number of halogens is 3. The van der Waals surface area contributed by atoms with E-state index in [-0.39, 0.29) is 17.0 Å². The Balaban J connectivity index is 2.15. The van der Waals surface area contributed by atoms with Gasteiger partial charge in [-0.15, -0.1) is 0 Å². The lowest BCUT2D eigenvalue weighted by Gasteiger charge is -2.11. The molecule has 9 heteroatoms. The molecule has 28 heavy (non-hydrogen) atoms. The number of hydrogen-bond donors (Lipinski definition) is 2. The lowest BCUT2D eigenvalue weighted by atomic mass is 10.1. The highest BCUT2D eigenvalue weighted by molar-refractivity contribution is 6.01. The molecule has 1 heterocycles. The van der Waals surface area contributed by atoms with E-state index in [1.807, 2.05) is 0 Å². The van der Waals surface area contributed by atoms with Crippen LogP contribution in [0.15, 0.2) is 69.2 Å². The average molecular weight is 389 g/mol. The zero-order valence-corrected chi connectivity index (χ0v) is 14.5. The molecule has 0 fully saturated rings. The van der Waals surface area contributed by atoms with Crippen molar-refractivity contribution in [1.82, 2.24) is 9.55 Å². The monoisotopic (exact) mass is 389 g/mol. The summed E-state index contributed by atoms with van der Waals surface area (Å²) in [4.78, 5) is 30.4. The van der Waals surface area contributed by atoms with Crippen LogP contribution in [-0.2, 0) is 6.18 Å². The van der Waals surface area contributed by atoms with Crippen molar-refractivity contribution in [1.29, 1.82) is 0 Å². The predicted molar refractivity (Wildman–Crippen MR) is 97.6 cm³/mol. The van der Waals surface area contributed by atoms with Crippen LogP contribution in [0, 0.1) is 0 Å². The Kier molecular flexibility index (Phi) is 4.91. The zero-order chi connectivity index (χ0) is 20.5. The first-order valence-corrected chi connectivity index (χ1v) is 8.05. The SMILES string of the molecule is CC(=Nc1cccc(C(F)(F)F)c1)c1c(O)n(-c2ccccc2)c(=O)[nH]c1=O. The van der Waals surface area contributed by atoms with Crippen molar-refractivity contribution in [2.24, 2.45) is 4.99 Å². The number of benzene rings is 2. The van der Waals surface area contributed by atoms with Gasteiger partial charge in [-0.2, -0.15) is 13.2 Å². The van der Waals surface area contributed by atoms with Crippen LogP contribution in [0.4, 0.5) is 18.9 Å². The van der Waals surface area contributed by atoms with E-state index in [4.69, 9.17) is 0 Å². The number of H-pyrrole nitrogens is 1. The van der Waals surface area contributed by atoms with Gasteiger partial charge < -0.3 is 5.11 Å². The fourth-order valence-electron chi connectivity index (χ4n) is 2.67. The highest BCUT2D eigenvalue weighted by Gasteiger charge is 2.30. The molecule has 0 unspecified atom stereocenters. The molecule has 1 aromatic heterocycles. The molecule has 0 aliphatic carbocycles. The zero-order valence-electron chi connectivity index (χ0n) is 14.5. The summed E-state index contributed by atoms with van der Waals surface area (Å²) in [6.07, 6.45) is -4.54. The van der Waals surface area contributed by atoms with Crippen LogP contribution in [0.2, 0.25) is 0 Å². The summed E-state index contributed by atoms with van der Waals surface area (Å²) in [5.41, 5.74) is -2.78. The number of para-hydroxylation sites is 1. The van der Waals surface area contributed by atoms with Gasteiger partial charge in [-0.3, -0.25) is 14.8 Å². The maximum atomic E-state index is 12.9. The van der Waals surface area contributed by atoms with Crippen molar-refractivity contribution in [3.8, 4) is 11.6 Å². The average Bonchev–Trinajstić information content (AvgIpc) is 2.61. The second kappa shape index (κ2) is 7.18. The Labute approximate surface area is 156 Å². The number of hydrogen-bond acceptors (Lipinski definition) is 4. The van der Waals surface area contributed by atoms with Gasteiger partial charge in [0.1, 0.15) is 5.56 Å². The first-order valence-electron chi connectivity index (χ1n) is 8.05. The molecule has 3 aromatic rings. The van der Waals surface area contributed by atoms with Gasteiger partial charge in [0.05, 0.1) is 22.6 Å². The van der Waals surface area contributed by atoms with Crippen molar-refractivity contribution >= 4 is 11.4 Å². The number of aliphatic imine (C=N–C) groups is 1. The lowest BCUT2D eigenvalue weighted by Crippen LogP contribution is -2.32. The summed E-state index contributed by atoms with van der Waals surface area (Å²) in [6.45, 7) is 1.35. The van der Waals surface area contributed by atoms with Crippen molar-refractivity contribution in [2.45, 2.75) is 13.1 Å². The largest absolute Gasteiger partial charge is 0.493 e. The maximum Gasteiger partial charge on any atom is 0.416 e. The molecule has 2 N–H and O–H groups in total. The van der Waals surface area contributed by atoms with Gasteiger partial charge in [-0.1, -0.05) is 24.3 Å². The van der Waals surface area contributed by atoms with E-state index in [0.29, 0.717) is 5.69 Å². The molecule has 0 spiro atoms. The quantitative estimate of drug-likeness (QED) is 0.673. The first-order chi connectivity index (χ1) is 13.2. The van der Waals surface area contributed by atoms with Crippen molar-refractivity contribution in [2.75, 3.05) is 0 Å². The second-order valence-corrected chi connectivity index (χ2v) is 5.87. The minimum absolute atomic E-state index is 0.0522. The van der Waals surface area contributed by atoms with Crippen LogP contribution < -0.4 is 11.2 Å². The van der Waals surface area contributed by atoms with Gasteiger partial charge in [-0.05, 0) is 37.3 Å². The van der Waals surface area contributed by atoms with Gasteiger partial charge in [-0.25, -0.2) is 9.36 Å². The standard InChI is InChI=1S/C19H14F3N3O3/c1-11(23-13-7-5-6-12(10-13)19(20,21)22)15-16(26)24-18(28)25(17(15)27)14-8-3-2-4-9-14/h2-10,27H,1H3,(H,24,26,28). The Morgan fingerprint density at radius 2 is 1.75 bits per heavy atom. The molecule has 0 bridgehead atoms. The smallest absolute Gasteiger partial charge is 0.416 e. The highest BCUT2D eigenvalue weighted by Crippen LogP contribution is 2.31. The Morgan fingerprint density at radius 1 is 1.07 bits per heavy atom. The minimum atomic E-state index is -4.54. The van der Waals surface area contributed by atoms with E-state index < -0.39 is 28.9 Å². The second-order valence-electron chi connectivity index (χ2n) is 5.87. The van der Waals surface area contributed by atoms with E-state index in [1.54, 1.807) is 30.3 Å². The molecule has 144 valence electrons. The van der Waals surface area contributed by atoms with Crippen LogP contribution in [0.1, 0.15) is 18.1 Å². The molecule has 3 rings (SSSR count). The van der Waals surface area contributed by atoms with Crippen LogP contribution in [0.3, 0.4) is 0 Å². The topological polar surface area (TPSA) is 87.4 Å². The first kappa shape index (κ1) is 19.2. The van der Waals surface area contributed by atoms with E-state index in [0.717, 1.165) is 16.7 Å². The molecule has 0 saturated heterocycles. The number of nitrogens with zero attached hydrogens (tertiary/aromatic N) is 2. The van der Waals surface area contributed by atoms with Gasteiger partial charge >= 0.3 is 11.9 Å². The molecule has 0 saturated carbocycles. The van der Waals surface area contributed by atoms with Crippen molar-refractivity contribution < 1.29 is 18.3 Å². The van der Waals surface area contributed by atoms with Crippen molar-refractivity contribution in [3.05, 3.63) is 86.6 Å². The van der Waals surface area contributed by atoms with Gasteiger partial charge in [0.15, 0.2) is 0 Å². The molecule has 0 aliphatic heterocycles. The number of aromatic amines is 1. The van der Waals surface area contributed by atoms with Gasteiger partial charge in [0.2, 0.25) is 5.88 Å². The summed E-state index contributed by atoms with van der Waals surface area (Å²) in [6, 6.07) is 12.3. The summed E-state index contributed by atoms with van der Waals surface area (Å²) >= 11 is 0. The fourth-order valence-corrected chi connectivity index (χ4v) is 2.67. The molecule has 6 nitrogen and oxygen atoms in total. The Morgan fingerprint density at radius 3 is 2.39 bits per heavy atom. The third kappa shape index (κ3) is 3.73. The normalized spacial score (nSPS) is 12.2. The van der Waals surface area contributed by atoms with Crippen LogP contribution in [-0.4, -0.2) is 20.4 Å². The highest BCUT2D eigenvalue weighted by atomic mass is 19.4. The summed E-state index contributed by atoms with van der Waals surface area (Å²) < 4.78 is 39.5. The van der Waals surface area contributed by atoms with Crippen LogP contribution in [0.5, 0.6) is 5.88 Å². The third-order valence-electron chi connectivity index (χ3n) is 3.93. The number of rotatable bonds is 3. The van der Waals surface area contributed by atoms with E-state index in [2.05, 4.69) is 9.98 Å². The van der Waals surface area contributed by atoms with Gasteiger partial charge in [0.25, 0.3) is 5.56 Å². The molecule has 2 aromatic carbocycles. The van der Waals surface area contributed by atoms with Gasteiger partial charge in [0, 0.05) is 0 Å². The van der Waals surface area contributed by atoms with Crippen molar-refractivity contribution in [3.63, 3.8) is 0 Å². The fraction of sp³-hybridized carbons (Fsp3) is 0.105. The third-order valence-corrected chi connectivity index (χ3v) is 3.93. The molecule has 0 amide bonds. The van der Waals surface area contributed by atoms with Crippen LogP contribution in [0.25, 0.3) is 5.69 Å². The van der Waals surface area contributed by atoms with E-state index in [1.165, 1.54) is 19.1 Å². The Bertz CT molecular complexity index is 1160. The summed E-state index contributed by atoms with van der Waals surface area (Å²) in [5.74, 6) is -0.659. The molecule has 0 radical (unpaired) electrons. The number of nitrogens with one attached hydrogen (secondary N) is 1. The molecule has 0 aliphatic rings. The minimum Gasteiger partial charge on any atom is -0.493 e. The molecule has 0 atom stereocenters. The van der Waals surface area contributed by atoms with E-state index >= 15 is 0 Å². The Hall–Kier alpha value is -3.62. The lowest BCUT2D eigenvalue weighted by molar-refractivity contribution is -0.137. The molecular formula is C19H14F3N3O3. The number of aromatic nitrogens is 2. The molecular weight excluding hydrogens is 375 g/mol. The van der Waals surface area contributed by atoms with Crippen LogP contribution >= 0.6 is 0 Å². The number of aromatic hydroxyl groups is 1. The van der Waals surface area contributed by atoms with E-state index in [9.17, 15) is 27.9 Å².